The molecule has 1 aliphatic heterocycles. The summed E-state index contributed by atoms with van der Waals surface area (Å²) in [6.45, 7) is 1.50. The van der Waals surface area contributed by atoms with E-state index in [0.717, 1.165) is 19.4 Å². The van der Waals surface area contributed by atoms with Crippen molar-refractivity contribution in [1.82, 2.24) is 10.6 Å². The smallest absolute Gasteiger partial charge is 0.251 e. The van der Waals surface area contributed by atoms with E-state index in [-0.39, 0.29) is 24.5 Å². The average Bonchev–Trinajstić information content (AvgIpc) is 3.37. The van der Waals surface area contributed by atoms with Crippen LogP contribution in [-0.2, 0) is 16.1 Å². The molecule has 1 fully saturated rings. The monoisotopic (exact) mass is 358 g/mol. The molecule has 0 unspecified atom stereocenters. The molecule has 3 rings (SSSR count). The molecule has 7 heteroatoms. The third-order valence-electron chi connectivity index (χ3n) is 4.03. The number of hydrogen-bond donors (Lipinski definition) is 2. The quantitative estimate of drug-likeness (QED) is 0.752. The number of benzene rings is 1. The Bertz CT molecular complexity index is 706. The molecule has 0 bridgehead atoms. The van der Waals surface area contributed by atoms with E-state index in [0.29, 0.717) is 30.2 Å². The summed E-state index contributed by atoms with van der Waals surface area (Å²) in [5, 5.41) is 5.25. The molecule has 1 aliphatic rings. The van der Waals surface area contributed by atoms with Crippen LogP contribution in [0.5, 0.6) is 5.75 Å². The number of furan rings is 1. The van der Waals surface area contributed by atoms with E-state index in [1.807, 2.05) is 0 Å². The van der Waals surface area contributed by atoms with Crippen molar-refractivity contribution in [2.24, 2.45) is 0 Å². The molecule has 1 aromatic carbocycles. The van der Waals surface area contributed by atoms with Crippen molar-refractivity contribution >= 4 is 11.8 Å². The summed E-state index contributed by atoms with van der Waals surface area (Å²) in [5.74, 6) is 0.742. The molecule has 7 nitrogen and oxygen atoms in total. The molecule has 0 saturated carbocycles. The Morgan fingerprint density at radius 1 is 1.15 bits per heavy atom. The van der Waals surface area contributed by atoms with Crippen molar-refractivity contribution in [1.29, 1.82) is 0 Å². The third kappa shape index (κ3) is 5.35. The second kappa shape index (κ2) is 9.05. The largest absolute Gasteiger partial charge is 0.491 e. The lowest BCUT2D eigenvalue weighted by atomic mass is 10.2. The van der Waals surface area contributed by atoms with Crippen LogP contribution in [0.3, 0.4) is 0 Å². The number of hydrogen-bond acceptors (Lipinski definition) is 5. The Hall–Kier alpha value is -2.80. The Balaban J connectivity index is 1.38. The maximum Gasteiger partial charge on any atom is 0.251 e. The summed E-state index contributed by atoms with van der Waals surface area (Å²) >= 11 is 0. The van der Waals surface area contributed by atoms with Gasteiger partial charge in [-0.25, -0.2) is 0 Å². The number of ether oxygens (including phenoxy) is 2. The first-order valence-electron chi connectivity index (χ1n) is 8.62. The first-order valence-corrected chi connectivity index (χ1v) is 8.62. The van der Waals surface area contributed by atoms with Crippen LogP contribution >= 0.6 is 0 Å². The summed E-state index contributed by atoms with van der Waals surface area (Å²) < 4.78 is 16.3. The molecular weight excluding hydrogens is 336 g/mol. The molecule has 0 aliphatic carbocycles. The van der Waals surface area contributed by atoms with E-state index >= 15 is 0 Å². The molecule has 26 heavy (non-hydrogen) atoms. The molecule has 1 aromatic heterocycles. The first-order chi connectivity index (χ1) is 12.7. The SMILES string of the molecule is O=C(CNC(=O)c1ccc(OC[C@H]2CCCO2)cc1)NCc1ccco1. The van der Waals surface area contributed by atoms with Crippen molar-refractivity contribution in [2.45, 2.75) is 25.5 Å². The van der Waals surface area contributed by atoms with Gasteiger partial charge in [0.05, 0.1) is 25.5 Å². The van der Waals surface area contributed by atoms with Gasteiger partial charge in [-0.3, -0.25) is 9.59 Å². The number of amides is 2. The van der Waals surface area contributed by atoms with Gasteiger partial charge < -0.3 is 24.5 Å². The van der Waals surface area contributed by atoms with Gasteiger partial charge in [-0.05, 0) is 49.2 Å². The predicted octanol–water partition coefficient (Wildman–Crippen LogP) is 1.88. The standard InChI is InChI=1S/C19H22N2O5/c22-18(20-11-16-3-1-9-24-16)12-21-19(23)14-5-7-15(8-6-14)26-13-17-4-2-10-25-17/h1,3,5-9,17H,2,4,10-13H2,(H,20,22)(H,21,23)/t17-/m1/s1. The van der Waals surface area contributed by atoms with Gasteiger partial charge in [-0.2, -0.15) is 0 Å². The van der Waals surface area contributed by atoms with Crippen LogP contribution in [0.1, 0.15) is 29.0 Å². The van der Waals surface area contributed by atoms with E-state index in [4.69, 9.17) is 13.9 Å². The summed E-state index contributed by atoms with van der Waals surface area (Å²) in [6.07, 6.45) is 3.78. The van der Waals surface area contributed by atoms with Gasteiger partial charge in [0.2, 0.25) is 5.91 Å². The van der Waals surface area contributed by atoms with Crippen LogP contribution in [0, 0.1) is 0 Å². The second-order valence-corrected chi connectivity index (χ2v) is 6.01. The molecule has 2 heterocycles. The van der Waals surface area contributed by atoms with Crippen molar-refractivity contribution in [3.63, 3.8) is 0 Å². The van der Waals surface area contributed by atoms with E-state index < -0.39 is 0 Å². The van der Waals surface area contributed by atoms with Gasteiger partial charge in [0.1, 0.15) is 18.1 Å². The highest BCUT2D eigenvalue weighted by Crippen LogP contribution is 2.16. The van der Waals surface area contributed by atoms with E-state index in [1.54, 1.807) is 36.4 Å². The summed E-state index contributed by atoms with van der Waals surface area (Å²) in [5.41, 5.74) is 0.466. The number of nitrogens with one attached hydrogen (secondary N) is 2. The average molecular weight is 358 g/mol. The highest BCUT2D eigenvalue weighted by Gasteiger charge is 2.16. The van der Waals surface area contributed by atoms with E-state index in [1.165, 1.54) is 6.26 Å². The van der Waals surface area contributed by atoms with Crippen molar-refractivity contribution in [2.75, 3.05) is 19.8 Å². The van der Waals surface area contributed by atoms with Gasteiger partial charge in [0.25, 0.3) is 5.91 Å². The molecule has 1 saturated heterocycles. The summed E-state index contributed by atoms with van der Waals surface area (Å²) in [7, 11) is 0. The van der Waals surface area contributed by atoms with Crippen molar-refractivity contribution < 1.29 is 23.5 Å². The number of carbonyl (C=O) groups excluding carboxylic acids is 2. The lowest BCUT2D eigenvalue weighted by Crippen LogP contribution is -2.36. The minimum absolute atomic E-state index is 0.100. The van der Waals surface area contributed by atoms with Gasteiger partial charge in [-0.15, -0.1) is 0 Å². The molecule has 2 amide bonds. The normalized spacial score (nSPS) is 16.2. The second-order valence-electron chi connectivity index (χ2n) is 6.01. The molecule has 1 atom stereocenters. The zero-order chi connectivity index (χ0) is 18.2. The fourth-order valence-electron chi connectivity index (χ4n) is 2.59. The fourth-order valence-corrected chi connectivity index (χ4v) is 2.59. The predicted molar refractivity (Wildman–Crippen MR) is 93.8 cm³/mol. The van der Waals surface area contributed by atoms with Crippen LogP contribution in [-0.4, -0.2) is 37.7 Å². The third-order valence-corrected chi connectivity index (χ3v) is 4.03. The van der Waals surface area contributed by atoms with Gasteiger partial charge in [0.15, 0.2) is 0 Å². The molecule has 0 spiro atoms. The maximum atomic E-state index is 12.1. The first kappa shape index (κ1) is 18.0. The highest BCUT2D eigenvalue weighted by molar-refractivity contribution is 5.96. The van der Waals surface area contributed by atoms with Gasteiger partial charge >= 0.3 is 0 Å². The van der Waals surface area contributed by atoms with Crippen LogP contribution in [0.25, 0.3) is 0 Å². The van der Waals surface area contributed by atoms with Crippen LogP contribution in [0.4, 0.5) is 0 Å². The van der Waals surface area contributed by atoms with Gasteiger partial charge in [-0.1, -0.05) is 0 Å². The molecule has 138 valence electrons. The molecule has 2 N–H and O–H groups in total. The fraction of sp³-hybridized carbons (Fsp3) is 0.368. The highest BCUT2D eigenvalue weighted by atomic mass is 16.5. The minimum atomic E-state index is -0.316. The van der Waals surface area contributed by atoms with Gasteiger partial charge in [0, 0.05) is 12.2 Å². The zero-order valence-electron chi connectivity index (χ0n) is 14.4. The summed E-state index contributed by atoms with van der Waals surface area (Å²) in [6, 6.07) is 10.3. The van der Waals surface area contributed by atoms with Crippen molar-refractivity contribution in [3.8, 4) is 5.75 Å². The molecule has 0 radical (unpaired) electrons. The Morgan fingerprint density at radius 3 is 2.69 bits per heavy atom. The Kier molecular flexibility index (Phi) is 6.27. The maximum absolute atomic E-state index is 12.1. The van der Waals surface area contributed by atoms with E-state index in [9.17, 15) is 9.59 Å². The lowest BCUT2D eigenvalue weighted by Gasteiger charge is -2.11. The number of rotatable bonds is 8. The summed E-state index contributed by atoms with van der Waals surface area (Å²) in [4.78, 5) is 23.8. The number of carbonyl (C=O) groups is 2. The van der Waals surface area contributed by atoms with Crippen LogP contribution in [0.15, 0.2) is 47.1 Å². The zero-order valence-corrected chi connectivity index (χ0v) is 14.4. The minimum Gasteiger partial charge on any atom is -0.491 e. The van der Waals surface area contributed by atoms with E-state index in [2.05, 4.69) is 10.6 Å². The molecule has 2 aromatic rings. The molecular formula is C19H22N2O5. The van der Waals surface area contributed by atoms with Crippen LogP contribution in [0.2, 0.25) is 0 Å². The lowest BCUT2D eigenvalue weighted by molar-refractivity contribution is -0.120. The van der Waals surface area contributed by atoms with Crippen molar-refractivity contribution in [3.05, 3.63) is 54.0 Å². The van der Waals surface area contributed by atoms with Crippen LogP contribution < -0.4 is 15.4 Å². The Labute approximate surface area is 151 Å². The Morgan fingerprint density at radius 2 is 2.00 bits per heavy atom. The topological polar surface area (TPSA) is 89.8 Å².